The van der Waals surface area contributed by atoms with Crippen LogP contribution in [-0.2, 0) is 9.59 Å². The number of anilines is 1. The van der Waals surface area contributed by atoms with Crippen LogP contribution in [0.2, 0.25) is 0 Å². The molecule has 1 amide bonds. The number of carbonyl (C=O) groups is 2. The number of hydrogen-bond donors (Lipinski definition) is 2. The van der Waals surface area contributed by atoms with Crippen molar-refractivity contribution in [1.82, 2.24) is 0 Å². The summed E-state index contributed by atoms with van der Waals surface area (Å²) in [4.78, 5) is 22.0. The maximum absolute atomic E-state index is 13.5. The van der Waals surface area contributed by atoms with E-state index in [4.69, 9.17) is 5.11 Å². The Morgan fingerprint density at radius 1 is 1.53 bits per heavy atom. The van der Waals surface area contributed by atoms with Crippen molar-refractivity contribution in [3.05, 3.63) is 29.1 Å². The van der Waals surface area contributed by atoms with Crippen molar-refractivity contribution < 1.29 is 23.5 Å². The van der Waals surface area contributed by atoms with Crippen molar-refractivity contribution in [3.63, 3.8) is 0 Å². The zero-order valence-electron chi connectivity index (χ0n) is 8.83. The van der Waals surface area contributed by atoms with Crippen LogP contribution in [0.5, 0.6) is 0 Å². The number of fused-ring (bicyclic) bond motifs is 1. The van der Waals surface area contributed by atoms with Crippen LogP contribution in [0.4, 0.5) is 14.5 Å². The maximum Gasteiger partial charge on any atom is 0.339 e. The van der Waals surface area contributed by atoms with Gasteiger partial charge in [-0.05, 0) is 24.1 Å². The van der Waals surface area contributed by atoms with Gasteiger partial charge in [-0.3, -0.25) is 4.79 Å². The fraction of sp³-hybridized carbons (Fsp3) is 0.273. The van der Waals surface area contributed by atoms with Crippen LogP contribution in [0.15, 0.2) is 12.1 Å². The lowest BCUT2D eigenvalue weighted by atomic mass is 9.94. The molecule has 0 fully saturated rings. The standard InChI is InChI=1S/C11H9F2NO3/c1-4-2-5-7(8(13)11(16)17)10(15)14-9(5)6(12)3-4/h2-3,7-8H,1H3,(H,14,15)(H,16,17). The van der Waals surface area contributed by atoms with Crippen molar-refractivity contribution in [2.24, 2.45) is 0 Å². The second-order valence-corrected chi connectivity index (χ2v) is 3.92. The van der Waals surface area contributed by atoms with E-state index in [-0.39, 0.29) is 11.3 Å². The zero-order chi connectivity index (χ0) is 12.7. The molecular formula is C11H9F2NO3. The number of aliphatic carboxylic acids is 1. The number of alkyl halides is 1. The molecule has 1 heterocycles. The molecule has 0 aliphatic carbocycles. The number of benzene rings is 1. The third-order valence-electron chi connectivity index (χ3n) is 2.66. The lowest BCUT2D eigenvalue weighted by molar-refractivity contribution is -0.145. The van der Waals surface area contributed by atoms with E-state index < -0.39 is 29.8 Å². The van der Waals surface area contributed by atoms with E-state index in [0.29, 0.717) is 5.56 Å². The van der Waals surface area contributed by atoms with Gasteiger partial charge < -0.3 is 10.4 Å². The van der Waals surface area contributed by atoms with Crippen LogP contribution >= 0.6 is 0 Å². The average molecular weight is 241 g/mol. The molecule has 1 aliphatic heterocycles. The number of carboxylic acid groups (broad SMARTS) is 1. The molecular weight excluding hydrogens is 232 g/mol. The minimum Gasteiger partial charge on any atom is -0.479 e. The summed E-state index contributed by atoms with van der Waals surface area (Å²) in [6.07, 6.45) is -2.38. The molecule has 2 N–H and O–H groups in total. The molecule has 1 aromatic rings. The summed E-state index contributed by atoms with van der Waals surface area (Å²) in [6.45, 7) is 1.58. The van der Waals surface area contributed by atoms with Gasteiger partial charge in [0, 0.05) is 0 Å². The molecule has 0 bridgehead atoms. The quantitative estimate of drug-likeness (QED) is 0.826. The van der Waals surface area contributed by atoms with Crippen LogP contribution in [0.3, 0.4) is 0 Å². The summed E-state index contributed by atoms with van der Waals surface area (Å²) in [5, 5.41) is 10.7. The van der Waals surface area contributed by atoms with Crippen LogP contribution in [0.25, 0.3) is 0 Å². The monoisotopic (exact) mass is 241 g/mol. The number of carboxylic acids is 1. The Hall–Kier alpha value is -1.98. The van der Waals surface area contributed by atoms with Crippen LogP contribution in [0.1, 0.15) is 17.0 Å². The molecule has 0 saturated heterocycles. The number of amides is 1. The van der Waals surface area contributed by atoms with E-state index >= 15 is 0 Å². The molecule has 0 spiro atoms. The molecule has 4 nitrogen and oxygen atoms in total. The lowest BCUT2D eigenvalue weighted by Crippen LogP contribution is -2.28. The van der Waals surface area contributed by atoms with Gasteiger partial charge in [-0.1, -0.05) is 6.07 Å². The van der Waals surface area contributed by atoms with E-state index in [1.54, 1.807) is 6.92 Å². The van der Waals surface area contributed by atoms with E-state index in [1.165, 1.54) is 12.1 Å². The zero-order valence-corrected chi connectivity index (χ0v) is 8.83. The van der Waals surface area contributed by atoms with Crippen LogP contribution in [-0.4, -0.2) is 23.2 Å². The number of aryl methyl sites for hydroxylation is 1. The molecule has 6 heteroatoms. The lowest BCUT2D eigenvalue weighted by Gasteiger charge is -2.10. The minimum atomic E-state index is -2.38. The number of hydrogen-bond acceptors (Lipinski definition) is 2. The molecule has 17 heavy (non-hydrogen) atoms. The van der Waals surface area contributed by atoms with Crippen molar-refractivity contribution in [2.45, 2.75) is 19.0 Å². The van der Waals surface area contributed by atoms with Crippen molar-refractivity contribution in [1.29, 1.82) is 0 Å². The Morgan fingerprint density at radius 2 is 2.18 bits per heavy atom. The highest BCUT2D eigenvalue weighted by Crippen LogP contribution is 2.38. The predicted molar refractivity (Wildman–Crippen MR) is 55.0 cm³/mol. The van der Waals surface area contributed by atoms with Crippen molar-refractivity contribution in [3.8, 4) is 0 Å². The first-order valence-corrected chi connectivity index (χ1v) is 4.89. The van der Waals surface area contributed by atoms with Crippen molar-refractivity contribution >= 4 is 17.6 Å². The normalized spacial score (nSPS) is 19.7. The number of rotatable bonds is 2. The maximum atomic E-state index is 13.5. The highest BCUT2D eigenvalue weighted by molar-refractivity contribution is 6.05. The Morgan fingerprint density at radius 3 is 2.76 bits per heavy atom. The molecule has 1 aliphatic rings. The largest absolute Gasteiger partial charge is 0.479 e. The SMILES string of the molecule is Cc1cc(F)c2c(c1)C(C(F)C(=O)O)C(=O)N2. The highest BCUT2D eigenvalue weighted by Gasteiger charge is 2.42. The molecule has 2 unspecified atom stereocenters. The number of nitrogens with one attached hydrogen (secondary N) is 1. The second-order valence-electron chi connectivity index (χ2n) is 3.92. The first-order chi connectivity index (χ1) is 7.91. The van der Waals surface area contributed by atoms with E-state index in [2.05, 4.69) is 5.32 Å². The van der Waals surface area contributed by atoms with Crippen molar-refractivity contribution in [2.75, 3.05) is 5.32 Å². The topological polar surface area (TPSA) is 66.4 Å². The average Bonchev–Trinajstić information content (AvgIpc) is 2.54. The van der Waals surface area contributed by atoms with Gasteiger partial charge in [0.25, 0.3) is 0 Å². The Labute approximate surface area is 95.2 Å². The molecule has 0 aromatic heterocycles. The Bertz CT molecular complexity index is 516. The van der Waals surface area contributed by atoms with Gasteiger partial charge in [0.2, 0.25) is 12.1 Å². The highest BCUT2D eigenvalue weighted by atomic mass is 19.1. The van der Waals surface area contributed by atoms with E-state index in [9.17, 15) is 18.4 Å². The van der Waals surface area contributed by atoms with E-state index in [1.807, 2.05) is 0 Å². The smallest absolute Gasteiger partial charge is 0.339 e. The fourth-order valence-electron chi connectivity index (χ4n) is 1.92. The van der Waals surface area contributed by atoms with Crippen LogP contribution < -0.4 is 5.32 Å². The first-order valence-electron chi connectivity index (χ1n) is 4.89. The molecule has 1 aromatic carbocycles. The van der Waals surface area contributed by atoms with Gasteiger partial charge in [-0.15, -0.1) is 0 Å². The van der Waals surface area contributed by atoms with Gasteiger partial charge in [0.15, 0.2) is 0 Å². The molecule has 0 radical (unpaired) electrons. The van der Waals surface area contributed by atoms with Gasteiger partial charge >= 0.3 is 5.97 Å². The summed E-state index contributed by atoms with van der Waals surface area (Å²) in [5.41, 5.74) is 0.428. The first kappa shape index (κ1) is 11.5. The summed E-state index contributed by atoms with van der Waals surface area (Å²) in [5.74, 6) is -4.75. The Kier molecular flexibility index (Phi) is 2.57. The van der Waals surface area contributed by atoms with Gasteiger partial charge in [-0.25, -0.2) is 13.6 Å². The summed E-state index contributed by atoms with van der Waals surface area (Å²) >= 11 is 0. The van der Waals surface area contributed by atoms with Gasteiger partial charge in [0.1, 0.15) is 11.7 Å². The molecule has 90 valence electrons. The molecule has 2 rings (SSSR count). The fourth-order valence-corrected chi connectivity index (χ4v) is 1.92. The van der Waals surface area contributed by atoms with Gasteiger partial charge in [-0.2, -0.15) is 0 Å². The summed E-state index contributed by atoms with van der Waals surface area (Å²) < 4.78 is 26.9. The Balaban J connectivity index is 2.54. The van der Waals surface area contributed by atoms with E-state index in [0.717, 1.165) is 0 Å². The third-order valence-corrected chi connectivity index (χ3v) is 2.66. The predicted octanol–water partition coefficient (Wildman–Crippen LogP) is 1.59. The minimum absolute atomic E-state index is 0.0578. The van der Waals surface area contributed by atoms with Crippen LogP contribution in [0, 0.1) is 12.7 Å². The summed E-state index contributed by atoms with van der Waals surface area (Å²) in [7, 11) is 0. The van der Waals surface area contributed by atoms with Gasteiger partial charge in [0.05, 0.1) is 5.69 Å². The number of halogens is 2. The molecule has 2 atom stereocenters. The molecule has 0 saturated carbocycles. The number of carbonyl (C=O) groups excluding carboxylic acids is 1. The third kappa shape index (κ3) is 1.75. The second kappa shape index (κ2) is 3.80. The summed E-state index contributed by atoms with van der Waals surface area (Å²) in [6, 6.07) is 2.60.